The zero-order chi connectivity index (χ0) is 14.1. The van der Waals surface area contributed by atoms with E-state index in [0.29, 0.717) is 0 Å². The topological polar surface area (TPSA) is 16.8 Å². The van der Waals surface area contributed by atoms with E-state index in [2.05, 4.69) is 54.6 Å². The van der Waals surface area contributed by atoms with E-state index < -0.39 is 0 Å². The van der Waals surface area contributed by atoms with Crippen molar-refractivity contribution in [1.82, 2.24) is 5.10 Å². The predicted molar refractivity (Wildman–Crippen MR) is 89.1 cm³/mol. The minimum atomic E-state index is 1.08. The molecule has 0 aliphatic carbocycles. The molecule has 0 saturated heterocycles. The molecule has 100 valence electrons. The highest BCUT2D eigenvalue weighted by Gasteiger charge is 2.16. The van der Waals surface area contributed by atoms with Crippen LogP contribution in [0.1, 0.15) is 0 Å². The maximum Gasteiger partial charge on any atom is 0.352 e. The predicted octanol–water partition coefficient (Wildman–Crippen LogP) is 4.82. The van der Waals surface area contributed by atoms with Crippen LogP contribution < -0.4 is 4.44 Å². The lowest BCUT2D eigenvalue weighted by Crippen LogP contribution is -2.27. The van der Waals surface area contributed by atoms with E-state index in [0.717, 1.165) is 18.2 Å². The van der Waals surface area contributed by atoms with Crippen LogP contribution in [0.5, 0.6) is 0 Å². The minimum Gasteiger partial charge on any atom is -0.0618 e. The Balaban J connectivity index is 1.85. The maximum atomic E-state index is 4.78. The Morgan fingerprint density at radius 2 is 1.57 bits per heavy atom. The van der Waals surface area contributed by atoms with Gasteiger partial charge in [-0.2, -0.15) is 0 Å². The number of para-hydroxylation sites is 1. The lowest BCUT2D eigenvalue weighted by Gasteiger charge is -2.01. The van der Waals surface area contributed by atoms with Gasteiger partial charge < -0.3 is 0 Å². The number of nitrogens with zero attached hydrogens (tertiary/aromatic N) is 2. The first-order chi connectivity index (χ1) is 10.4. The summed E-state index contributed by atoms with van der Waals surface area (Å²) in [5.41, 5.74) is 2.34. The second-order valence-corrected chi connectivity index (χ2v) is 6.88. The number of hydrogen-bond acceptors (Lipinski definition) is 2. The van der Waals surface area contributed by atoms with Crippen LogP contribution in [0.2, 0.25) is 0 Å². The number of fused-ring (bicyclic) bond motifs is 1. The molecule has 1 aromatic heterocycles. The first kappa shape index (κ1) is 12.6. The maximum absolute atomic E-state index is 4.78. The van der Waals surface area contributed by atoms with Crippen molar-refractivity contribution < 1.29 is 4.44 Å². The molecule has 0 atom stereocenters. The van der Waals surface area contributed by atoms with E-state index in [1.54, 1.807) is 10.9 Å². The highest BCUT2D eigenvalue weighted by atomic mass is 32.5. The molecule has 0 amide bonds. The van der Waals surface area contributed by atoms with Crippen molar-refractivity contribution in [3.05, 3.63) is 72.8 Å². The zero-order valence-corrected chi connectivity index (χ0v) is 12.9. The average Bonchev–Trinajstić information content (AvgIpc) is 3.05. The summed E-state index contributed by atoms with van der Waals surface area (Å²) < 4.78 is 2.03. The monoisotopic (exact) mass is 307 g/mol. The van der Waals surface area contributed by atoms with Gasteiger partial charge in [0.2, 0.25) is 10.7 Å². The summed E-state index contributed by atoms with van der Waals surface area (Å²) in [7, 11) is 2.89. The number of rotatable bonds is 2. The second-order valence-electron chi connectivity index (χ2n) is 4.73. The molecule has 4 heteroatoms. The molecule has 0 aliphatic rings. The molecule has 0 fully saturated rings. The Kier molecular flexibility index (Phi) is 3.23. The number of benzene rings is 3. The zero-order valence-electron chi connectivity index (χ0n) is 11.2. The Bertz CT molecular complexity index is 897. The summed E-state index contributed by atoms with van der Waals surface area (Å²) in [5, 5.41) is 8.38. The molecular formula is C17H12N2PS+. The molecule has 4 aromatic rings. The van der Waals surface area contributed by atoms with Gasteiger partial charge in [-0.1, -0.05) is 60.7 Å². The van der Waals surface area contributed by atoms with Gasteiger partial charge in [0.1, 0.15) is 0 Å². The van der Waals surface area contributed by atoms with Crippen molar-refractivity contribution in [3.8, 4) is 16.3 Å². The van der Waals surface area contributed by atoms with Gasteiger partial charge in [0.15, 0.2) is 0 Å². The van der Waals surface area contributed by atoms with Gasteiger partial charge in [-0.25, -0.2) is 0 Å². The molecule has 0 saturated carbocycles. The van der Waals surface area contributed by atoms with Crippen LogP contribution in [0.25, 0.3) is 27.0 Å². The fourth-order valence-electron chi connectivity index (χ4n) is 2.38. The summed E-state index contributed by atoms with van der Waals surface area (Å²) in [6.45, 7) is 0. The van der Waals surface area contributed by atoms with Crippen molar-refractivity contribution in [2.75, 3.05) is 0 Å². The fraction of sp³-hybridized carbons (Fsp3) is 0. The number of aromatic nitrogens is 2. The molecule has 0 aliphatic heterocycles. The van der Waals surface area contributed by atoms with E-state index >= 15 is 0 Å². The van der Waals surface area contributed by atoms with Crippen LogP contribution >= 0.6 is 18.5 Å². The van der Waals surface area contributed by atoms with E-state index in [1.165, 1.54) is 16.3 Å². The Hall–Kier alpha value is -2.09. The minimum absolute atomic E-state index is 1.08. The van der Waals surface area contributed by atoms with Crippen LogP contribution in [0.15, 0.2) is 72.8 Å². The summed E-state index contributed by atoms with van der Waals surface area (Å²) in [6, 6.07) is 25.1. The second kappa shape index (κ2) is 5.36. The quantitative estimate of drug-likeness (QED) is 0.519. The summed E-state index contributed by atoms with van der Waals surface area (Å²) in [5.74, 6) is 0. The normalized spacial score (nSPS) is 11.2. The fourth-order valence-corrected chi connectivity index (χ4v) is 4.61. The van der Waals surface area contributed by atoms with E-state index in [4.69, 9.17) is 5.10 Å². The molecule has 0 radical (unpaired) electrons. The average molecular weight is 307 g/mol. The first-order valence-electron chi connectivity index (χ1n) is 6.72. The van der Waals surface area contributed by atoms with Gasteiger partial charge >= 0.3 is 7.53 Å². The van der Waals surface area contributed by atoms with Crippen LogP contribution in [-0.2, 0) is 0 Å². The molecular weight excluding hydrogens is 295 g/mol. The third kappa shape index (κ3) is 2.35. The molecule has 0 N–H and O–H groups in total. The van der Waals surface area contributed by atoms with Crippen molar-refractivity contribution in [3.63, 3.8) is 0 Å². The standard InChI is InChI=1S/C17H12N2PS/c1-2-9-14(10-3-1)19-18-17(21-20-19)16-12-6-8-13-7-4-5-11-15(13)16/h1-12H/q+1. The Morgan fingerprint density at radius 1 is 0.810 bits per heavy atom. The van der Waals surface area contributed by atoms with Crippen molar-refractivity contribution >= 4 is 29.2 Å². The Morgan fingerprint density at radius 3 is 2.48 bits per heavy atom. The van der Waals surface area contributed by atoms with Crippen LogP contribution in [0.3, 0.4) is 0 Å². The highest BCUT2D eigenvalue weighted by Crippen LogP contribution is 2.31. The summed E-state index contributed by atoms with van der Waals surface area (Å²) >= 11 is 0. The molecule has 0 unspecified atom stereocenters. The van der Waals surface area contributed by atoms with Gasteiger partial charge in [0, 0.05) is 22.8 Å². The highest BCUT2D eigenvalue weighted by molar-refractivity contribution is 7.77. The summed E-state index contributed by atoms with van der Waals surface area (Å²) in [6.07, 6.45) is 0. The van der Waals surface area contributed by atoms with E-state index in [9.17, 15) is 0 Å². The van der Waals surface area contributed by atoms with Crippen molar-refractivity contribution in [2.24, 2.45) is 0 Å². The van der Waals surface area contributed by atoms with Gasteiger partial charge in [0.05, 0.1) is 0 Å². The van der Waals surface area contributed by atoms with Gasteiger partial charge in [-0.3, -0.25) is 0 Å². The molecule has 1 heterocycles. The summed E-state index contributed by atoms with van der Waals surface area (Å²) in [4.78, 5) is 0. The van der Waals surface area contributed by atoms with Crippen LogP contribution in [-0.4, -0.2) is 5.10 Å². The molecule has 0 spiro atoms. The van der Waals surface area contributed by atoms with Gasteiger partial charge in [-0.15, -0.1) is 0 Å². The lowest BCUT2D eigenvalue weighted by molar-refractivity contribution is -0.584. The largest absolute Gasteiger partial charge is 0.352 e. The van der Waals surface area contributed by atoms with E-state index in [1.807, 2.05) is 22.6 Å². The molecule has 2 nitrogen and oxygen atoms in total. The molecule has 4 rings (SSSR count). The van der Waals surface area contributed by atoms with E-state index in [-0.39, 0.29) is 0 Å². The molecule has 3 aromatic carbocycles. The smallest absolute Gasteiger partial charge is 0.0618 e. The van der Waals surface area contributed by atoms with Crippen molar-refractivity contribution in [2.45, 2.75) is 0 Å². The van der Waals surface area contributed by atoms with Crippen molar-refractivity contribution in [1.29, 1.82) is 0 Å². The number of hydrogen-bond donors (Lipinski definition) is 0. The van der Waals surface area contributed by atoms with Gasteiger partial charge in [-0.05, 0) is 26.2 Å². The Labute approximate surface area is 128 Å². The van der Waals surface area contributed by atoms with Crippen LogP contribution in [0, 0.1) is 0 Å². The third-order valence-electron chi connectivity index (χ3n) is 3.40. The molecule has 0 bridgehead atoms. The van der Waals surface area contributed by atoms with Gasteiger partial charge in [0.25, 0.3) is 0 Å². The third-order valence-corrected chi connectivity index (χ3v) is 5.66. The van der Waals surface area contributed by atoms with Crippen LogP contribution in [0.4, 0.5) is 0 Å². The molecule has 21 heavy (non-hydrogen) atoms. The first-order valence-corrected chi connectivity index (χ1v) is 8.98. The lowest BCUT2D eigenvalue weighted by atomic mass is 10.1. The SMILES string of the molecule is c1ccc(-[n+]2nc(-c3cccc4ccccc34)sp2)cc1.